The van der Waals surface area contributed by atoms with Crippen LogP contribution in [0.4, 0.5) is 5.69 Å². The third kappa shape index (κ3) is 3.30. The number of amides is 1. The van der Waals surface area contributed by atoms with Crippen molar-refractivity contribution < 1.29 is 19.1 Å². The maximum atomic E-state index is 12.6. The predicted molar refractivity (Wildman–Crippen MR) is 103 cm³/mol. The minimum absolute atomic E-state index is 0.0131. The smallest absolute Gasteiger partial charge is 0.337 e. The third-order valence-corrected chi connectivity index (χ3v) is 4.25. The Morgan fingerprint density at radius 3 is 2.30 bits per heavy atom. The quantitative estimate of drug-likeness (QED) is 0.536. The van der Waals surface area contributed by atoms with Gasteiger partial charge in [-0.25, -0.2) is 4.79 Å². The van der Waals surface area contributed by atoms with Gasteiger partial charge in [-0.2, -0.15) is 0 Å². The number of carbonyl (C=O) groups excluding carboxylic acids is 1. The standard InChI is InChI=1S/C22H15NO4/c24-21(20-13-16-8-4-5-9-19(16)27-20)23-18-12-15(10-11-17(18)22(25)26)14-6-2-1-3-7-14/h1-13H,(H,23,24)(H,25,26). The van der Waals surface area contributed by atoms with E-state index in [4.69, 9.17) is 4.42 Å². The van der Waals surface area contributed by atoms with Gasteiger partial charge in [0.1, 0.15) is 5.58 Å². The van der Waals surface area contributed by atoms with Crippen LogP contribution >= 0.6 is 0 Å². The van der Waals surface area contributed by atoms with Crippen molar-refractivity contribution >= 4 is 28.5 Å². The lowest BCUT2D eigenvalue weighted by atomic mass is 10.0. The SMILES string of the molecule is O=C(Nc1cc(-c2ccccc2)ccc1C(=O)O)c1cc2ccccc2o1. The Labute approximate surface area is 154 Å². The number of hydrogen-bond donors (Lipinski definition) is 2. The molecule has 3 aromatic carbocycles. The van der Waals surface area contributed by atoms with Gasteiger partial charge in [0.2, 0.25) is 0 Å². The minimum Gasteiger partial charge on any atom is -0.478 e. The Kier molecular flexibility index (Phi) is 4.18. The van der Waals surface area contributed by atoms with Crippen molar-refractivity contribution in [3.05, 3.63) is 90.2 Å². The fourth-order valence-electron chi connectivity index (χ4n) is 2.92. The van der Waals surface area contributed by atoms with E-state index in [-0.39, 0.29) is 17.0 Å². The van der Waals surface area contributed by atoms with Crippen molar-refractivity contribution in [2.45, 2.75) is 0 Å². The molecule has 4 rings (SSSR count). The second-order valence-corrected chi connectivity index (χ2v) is 6.03. The molecule has 0 unspecified atom stereocenters. The van der Waals surface area contributed by atoms with Crippen LogP contribution in [0.3, 0.4) is 0 Å². The van der Waals surface area contributed by atoms with Crippen LogP contribution in [0.1, 0.15) is 20.9 Å². The van der Waals surface area contributed by atoms with Gasteiger partial charge in [-0.15, -0.1) is 0 Å². The van der Waals surface area contributed by atoms with Crippen LogP contribution in [0.2, 0.25) is 0 Å². The van der Waals surface area contributed by atoms with Gasteiger partial charge in [-0.05, 0) is 35.4 Å². The maximum Gasteiger partial charge on any atom is 0.337 e. The Balaban J connectivity index is 1.70. The van der Waals surface area contributed by atoms with Crippen molar-refractivity contribution in [3.63, 3.8) is 0 Å². The molecule has 0 fully saturated rings. The van der Waals surface area contributed by atoms with Gasteiger partial charge in [0.25, 0.3) is 5.91 Å². The molecular weight excluding hydrogens is 342 g/mol. The molecule has 0 aliphatic carbocycles. The molecule has 4 aromatic rings. The average Bonchev–Trinajstić information content (AvgIpc) is 3.13. The van der Waals surface area contributed by atoms with E-state index in [9.17, 15) is 14.7 Å². The van der Waals surface area contributed by atoms with Crippen LogP contribution < -0.4 is 5.32 Å². The van der Waals surface area contributed by atoms with Crippen molar-refractivity contribution in [1.29, 1.82) is 0 Å². The molecule has 1 aromatic heterocycles. The first-order valence-corrected chi connectivity index (χ1v) is 8.34. The van der Waals surface area contributed by atoms with E-state index < -0.39 is 11.9 Å². The van der Waals surface area contributed by atoms with Crippen LogP contribution in [0.5, 0.6) is 0 Å². The van der Waals surface area contributed by atoms with Crippen LogP contribution in [0.25, 0.3) is 22.1 Å². The molecule has 27 heavy (non-hydrogen) atoms. The maximum absolute atomic E-state index is 12.6. The summed E-state index contributed by atoms with van der Waals surface area (Å²) in [6.07, 6.45) is 0. The number of nitrogens with one attached hydrogen (secondary N) is 1. The molecule has 0 bridgehead atoms. The molecule has 0 atom stereocenters. The lowest BCUT2D eigenvalue weighted by Gasteiger charge is -2.10. The van der Waals surface area contributed by atoms with Gasteiger partial charge >= 0.3 is 5.97 Å². The number of fused-ring (bicyclic) bond motifs is 1. The highest BCUT2D eigenvalue weighted by molar-refractivity contribution is 6.08. The number of anilines is 1. The number of rotatable bonds is 4. The van der Waals surface area contributed by atoms with E-state index in [1.54, 1.807) is 24.3 Å². The topological polar surface area (TPSA) is 79.5 Å². The summed E-state index contributed by atoms with van der Waals surface area (Å²) in [7, 11) is 0. The Hall–Kier alpha value is -3.86. The number of benzene rings is 3. The van der Waals surface area contributed by atoms with Crippen LogP contribution in [0.15, 0.2) is 83.3 Å². The van der Waals surface area contributed by atoms with Gasteiger partial charge in [-0.3, -0.25) is 4.79 Å². The molecule has 2 N–H and O–H groups in total. The Bertz CT molecular complexity index is 1110. The zero-order valence-corrected chi connectivity index (χ0v) is 14.2. The number of hydrogen-bond acceptors (Lipinski definition) is 3. The van der Waals surface area contributed by atoms with Crippen molar-refractivity contribution in [2.24, 2.45) is 0 Å². The van der Waals surface area contributed by atoms with Gasteiger partial charge < -0.3 is 14.8 Å². The Morgan fingerprint density at radius 1 is 0.815 bits per heavy atom. The first kappa shape index (κ1) is 16.6. The molecule has 0 radical (unpaired) electrons. The second kappa shape index (κ2) is 6.80. The number of aromatic carboxylic acids is 1. The molecule has 5 heteroatoms. The lowest BCUT2D eigenvalue weighted by molar-refractivity contribution is 0.0698. The van der Waals surface area contributed by atoms with Gasteiger partial charge in [0.05, 0.1) is 11.3 Å². The zero-order valence-electron chi connectivity index (χ0n) is 14.2. The van der Waals surface area contributed by atoms with E-state index in [0.29, 0.717) is 5.58 Å². The summed E-state index contributed by atoms with van der Waals surface area (Å²) >= 11 is 0. The van der Waals surface area contributed by atoms with E-state index >= 15 is 0 Å². The number of furan rings is 1. The van der Waals surface area contributed by atoms with E-state index in [1.807, 2.05) is 48.5 Å². The van der Waals surface area contributed by atoms with Gasteiger partial charge in [0.15, 0.2) is 5.76 Å². The van der Waals surface area contributed by atoms with Crippen LogP contribution in [-0.4, -0.2) is 17.0 Å². The zero-order chi connectivity index (χ0) is 18.8. The molecule has 132 valence electrons. The number of carboxylic acid groups (broad SMARTS) is 1. The third-order valence-electron chi connectivity index (χ3n) is 4.25. The summed E-state index contributed by atoms with van der Waals surface area (Å²) in [5.41, 5.74) is 2.56. The molecule has 0 aliphatic rings. The van der Waals surface area contributed by atoms with Crippen LogP contribution in [0, 0.1) is 0 Å². The average molecular weight is 357 g/mol. The van der Waals surface area contributed by atoms with Crippen molar-refractivity contribution in [1.82, 2.24) is 0 Å². The van der Waals surface area contributed by atoms with Crippen LogP contribution in [-0.2, 0) is 0 Å². The minimum atomic E-state index is -1.12. The Morgan fingerprint density at radius 2 is 1.56 bits per heavy atom. The first-order valence-electron chi connectivity index (χ1n) is 8.34. The summed E-state index contributed by atoms with van der Waals surface area (Å²) in [6.45, 7) is 0. The fraction of sp³-hybridized carbons (Fsp3) is 0. The molecule has 5 nitrogen and oxygen atoms in total. The number of para-hydroxylation sites is 1. The largest absolute Gasteiger partial charge is 0.478 e. The molecule has 0 saturated carbocycles. The fourth-order valence-corrected chi connectivity index (χ4v) is 2.92. The van der Waals surface area contributed by atoms with E-state index in [1.165, 1.54) is 6.07 Å². The molecule has 0 saturated heterocycles. The summed E-state index contributed by atoms with van der Waals surface area (Å²) in [6, 6.07) is 23.3. The molecule has 0 aliphatic heterocycles. The summed E-state index contributed by atoms with van der Waals surface area (Å²) < 4.78 is 5.56. The summed E-state index contributed by atoms with van der Waals surface area (Å²) in [4.78, 5) is 24.2. The summed E-state index contributed by atoms with van der Waals surface area (Å²) in [5.74, 6) is -1.49. The highest BCUT2D eigenvalue weighted by Gasteiger charge is 2.17. The molecule has 1 heterocycles. The van der Waals surface area contributed by atoms with Gasteiger partial charge in [-0.1, -0.05) is 54.6 Å². The summed E-state index contributed by atoms with van der Waals surface area (Å²) in [5, 5.41) is 12.9. The monoisotopic (exact) mass is 357 g/mol. The highest BCUT2D eigenvalue weighted by Crippen LogP contribution is 2.27. The molecular formula is C22H15NO4. The predicted octanol–water partition coefficient (Wildman–Crippen LogP) is 5.05. The lowest BCUT2D eigenvalue weighted by Crippen LogP contribution is -2.14. The van der Waals surface area contributed by atoms with Crippen molar-refractivity contribution in [2.75, 3.05) is 5.32 Å². The number of carbonyl (C=O) groups is 2. The normalized spacial score (nSPS) is 10.7. The first-order chi connectivity index (χ1) is 13.1. The number of carboxylic acids is 1. The van der Waals surface area contributed by atoms with Gasteiger partial charge in [0, 0.05) is 5.39 Å². The molecule has 0 spiro atoms. The van der Waals surface area contributed by atoms with E-state index in [2.05, 4.69) is 5.32 Å². The molecule has 1 amide bonds. The highest BCUT2D eigenvalue weighted by atomic mass is 16.4. The second-order valence-electron chi connectivity index (χ2n) is 6.03. The van der Waals surface area contributed by atoms with E-state index in [0.717, 1.165) is 16.5 Å². The van der Waals surface area contributed by atoms with Crippen molar-refractivity contribution in [3.8, 4) is 11.1 Å².